The monoisotopic (exact) mass is 252 g/mol. The van der Waals surface area contributed by atoms with E-state index in [1.165, 1.54) is 6.07 Å². The molecule has 1 amide bonds. The van der Waals surface area contributed by atoms with Gasteiger partial charge in [-0.05, 0) is 31.9 Å². The molecule has 4 heteroatoms. The largest absolute Gasteiger partial charge is 0.374 e. The fourth-order valence-electron chi connectivity index (χ4n) is 1.52. The van der Waals surface area contributed by atoms with Crippen molar-refractivity contribution < 1.29 is 9.18 Å². The molecule has 0 aliphatic heterocycles. The van der Waals surface area contributed by atoms with Gasteiger partial charge in [-0.2, -0.15) is 0 Å². The Morgan fingerprint density at radius 1 is 1.33 bits per heavy atom. The zero-order valence-electron chi connectivity index (χ0n) is 11.4. The summed E-state index contributed by atoms with van der Waals surface area (Å²) in [7, 11) is 0. The molecule has 3 nitrogen and oxygen atoms in total. The Bertz CT molecular complexity index is 418. The van der Waals surface area contributed by atoms with Gasteiger partial charge in [0.2, 0.25) is 5.91 Å². The summed E-state index contributed by atoms with van der Waals surface area (Å²) in [4.78, 5) is 11.8. The number of nitrogens with one attached hydrogen (secondary N) is 2. The Hall–Kier alpha value is -1.58. The first-order valence-electron chi connectivity index (χ1n) is 6.21. The molecule has 2 N–H and O–H groups in total. The number of halogens is 1. The number of rotatable bonds is 5. The minimum atomic E-state index is -0.385. The van der Waals surface area contributed by atoms with Crippen LogP contribution in [0.15, 0.2) is 18.2 Å². The molecule has 0 fully saturated rings. The SMILES string of the molecule is Cc1c(F)cccc1NC(C)C(=O)NCC(C)C. The summed E-state index contributed by atoms with van der Waals surface area (Å²) < 4.78 is 13.3. The average Bonchev–Trinajstić information content (AvgIpc) is 2.31. The van der Waals surface area contributed by atoms with Crippen LogP contribution in [0.1, 0.15) is 26.3 Å². The molecule has 0 aliphatic carbocycles. The van der Waals surface area contributed by atoms with E-state index < -0.39 is 0 Å². The molecule has 0 aliphatic rings. The first-order chi connectivity index (χ1) is 8.41. The van der Waals surface area contributed by atoms with Gasteiger partial charge in [-0.25, -0.2) is 4.39 Å². The summed E-state index contributed by atoms with van der Waals surface area (Å²) in [6.45, 7) is 8.17. The van der Waals surface area contributed by atoms with Crippen LogP contribution >= 0.6 is 0 Å². The second-order valence-corrected chi connectivity index (χ2v) is 4.92. The molecule has 0 saturated carbocycles. The molecule has 1 atom stereocenters. The number of amides is 1. The highest BCUT2D eigenvalue weighted by atomic mass is 19.1. The van der Waals surface area contributed by atoms with E-state index in [1.807, 2.05) is 13.8 Å². The van der Waals surface area contributed by atoms with Crippen LogP contribution in [0.4, 0.5) is 10.1 Å². The Morgan fingerprint density at radius 2 is 2.00 bits per heavy atom. The molecule has 0 saturated heterocycles. The molecule has 1 aromatic carbocycles. The lowest BCUT2D eigenvalue weighted by Gasteiger charge is -2.17. The van der Waals surface area contributed by atoms with Gasteiger partial charge in [0.05, 0.1) is 0 Å². The fourth-order valence-corrected chi connectivity index (χ4v) is 1.52. The molecule has 18 heavy (non-hydrogen) atoms. The molecule has 1 aromatic rings. The second-order valence-electron chi connectivity index (χ2n) is 4.92. The summed E-state index contributed by atoms with van der Waals surface area (Å²) in [6.07, 6.45) is 0. The zero-order chi connectivity index (χ0) is 13.7. The number of anilines is 1. The summed E-state index contributed by atoms with van der Waals surface area (Å²) in [5.74, 6) is 0.0687. The predicted octanol–water partition coefficient (Wildman–Crippen LogP) is 2.71. The van der Waals surface area contributed by atoms with E-state index in [-0.39, 0.29) is 17.8 Å². The van der Waals surface area contributed by atoms with E-state index in [2.05, 4.69) is 10.6 Å². The first kappa shape index (κ1) is 14.5. The van der Waals surface area contributed by atoms with Crippen LogP contribution in [0.3, 0.4) is 0 Å². The topological polar surface area (TPSA) is 41.1 Å². The Labute approximate surface area is 108 Å². The molecule has 0 aromatic heterocycles. The van der Waals surface area contributed by atoms with Crippen LogP contribution in [-0.2, 0) is 4.79 Å². The van der Waals surface area contributed by atoms with Crippen molar-refractivity contribution >= 4 is 11.6 Å². The van der Waals surface area contributed by atoms with E-state index >= 15 is 0 Å². The maximum Gasteiger partial charge on any atom is 0.242 e. The summed E-state index contributed by atoms with van der Waals surface area (Å²) in [5, 5.41) is 5.86. The van der Waals surface area contributed by atoms with Crippen molar-refractivity contribution in [1.29, 1.82) is 0 Å². The minimum absolute atomic E-state index is 0.0765. The molecule has 0 heterocycles. The lowest BCUT2D eigenvalue weighted by molar-refractivity contribution is -0.121. The Balaban J connectivity index is 2.61. The van der Waals surface area contributed by atoms with E-state index in [4.69, 9.17) is 0 Å². The van der Waals surface area contributed by atoms with E-state index in [0.717, 1.165) is 0 Å². The third-order valence-electron chi connectivity index (χ3n) is 2.72. The number of benzene rings is 1. The zero-order valence-corrected chi connectivity index (χ0v) is 11.4. The number of hydrogen-bond acceptors (Lipinski definition) is 2. The van der Waals surface area contributed by atoms with Gasteiger partial charge >= 0.3 is 0 Å². The second kappa shape index (κ2) is 6.38. The van der Waals surface area contributed by atoms with Crippen molar-refractivity contribution in [3.8, 4) is 0 Å². The molecular formula is C14H21FN2O. The van der Waals surface area contributed by atoms with Crippen molar-refractivity contribution in [3.63, 3.8) is 0 Å². The van der Waals surface area contributed by atoms with Crippen LogP contribution in [0.25, 0.3) is 0 Å². The molecule has 0 bridgehead atoms. The van der Waals surface area contributed by atoms with Crippen LogP contribution in [0.2, 0.25) is 0 Å². The maximum absolute atomic E-state index is 13.3. The van der Waals surface area contributed by atoms with Gasteiger partial charge in [-0.15, -0.1) is 0 Å². The Kier molecular flexibility index (Phi) is 5.13. The fraction of sp³-hybridized carbons (Fsp3) is 0.500. The standard InChI is InChI=1S/C14H21FN2O/c1-9(2)8-16-14(18)11(4)17-13-7-5-6-12(15)10(13)3/h5-7,9,11,17H,8H2,1-4H3,(H,16,18). The van der Waals surface area contributed by atoms with Crippen LogP contribution < -0.4 is 10.6 Å². The molecule has 1 rings (SSSR count). The van der Waals surface area contributed by atoms with Gasteiger partial charge in [-0.3, -0.25) is 4.79 Å². The Morgan fingerprint density at radius 3 is 2.61 bits per heavy atom. The first-order valence-corrected chi connectivity index (χ1v) is 6.21. The van der Waals surface area contributed by atoms with Crippen LogP contribution in [-0.4, -0.2) is 18.5 Å². The predicted molar refractivity (Wildman–Crippen MR) is 72.1 cm³/mol. The highest BCUT2D eigenvalue weighted by Crippen LogP contribution is 2.18. The third kappa shape index (κ3) is 4.02. The van der Waals surface area contributed by atoms with Crippen molar-refractivity contribution in [2.24, 2.45) is 5.92 Å². The van der Waals surface area contributed by atoms with Crippen molar-refractivity contribution in [3.05, 3.63) is 29.6 Å². The van der Waals surface area contributed by atoms with Crippen molar-refractivity contribution in [1.82, 2.24) is 5.32 Å². The van der Waals surface area contributed by atoms with Crippen LogP contribution in [0, 0.1) is 18.7 Å². The lowest BCUT2D eigenvalue weighted by Crippen LogP contribution is -2.39. The summed E-state index contributed by atoms with van der Waals surface area (Å²) in [5.41, 5.74) is 1.18. The number of carbonyl (C=O) groups is 1. The van der Waals surface area contributed by atoms with E-state index in [0.29, 0.717) is 23.7 Å². The van der Waals surface area contributed by atoms with Crippen molar-refractivity contribution in [2.45, 2.75) is 33.7 Å². The quantitative estimate of drug-likeness (QED) is 0.846. The lowest BCUT2D eigenvalue weighted by atomic mass is 10.1. The molecule has 0 spiro atoms. The molecule has 100 valence electrons. The van der Waals surface area contributed by atoms with E-state index in [9.17, 15) is 9.18 Å². The van der Waals surface area contributed by atoms with Gasteiger partial charge in [0.15, 0.2) is 0 Å². The van der Waals surface area contributed by atoms with Gasteiger partial charge < -0.3 is 10.6 Å². The third-order valence-corrected chi connectivity index (χ3v) is 2.72. The minimum Gasteiger partial charge on any atom is -0.374 e. The smallest absolute Gasteiger partial charge is 0.242 e. The molecule has 0 radical (unpaired) electrons. The van der Waals surface area contributed by atoms with Gasteiger partial charge in [0.1, 0.15) is 11.9 Å². The summed E-state index contributed by atoms with van der Waals surface area (Å²) in [6, 6.07) is 4.42. The highest BCUT2D eigenvalue weighted by molar-refractivity contribution is 5.84. The van der Waals surface area contributed by atoms with Gasteiger partial charge in [-0.1, -0.05) is 19.9 Å². The summed E-state index contributed by atoms with van der Waals surface area (Å²) >= 11 is 0. The highest BCUT2D eigenvalue weighted by Gasteiger charge is 2.14. The van der Waals surface area contributed by atoms with Gasteiger partial charge in [0.25, 0.3) is 0 Å². The van der Waals surface area contributed by atoms with E-state index in [1.54, 1.807) is 26.0 Å². The average molecular weight is 252 g/mol. The van der Waals surface area contributed by atoms with Gasteiger partial charge in [0, 0.05) is 17.8 Å². The maximum atomic E-state index is 13.3. The molecule has 1 unspecified atom stereocenters. The van der Waals surface area contributed by atoms with Crippen molar-refractivity contribution in [2.75, 3.05) is 11.9 Å². The van der Waals surface area contributed by atoms with Crippen LogP contribution in [0.5, 0.6) is 0 Å². The molecular weight excluding hydrogens is 231 g/mol. The number of hydrogen-bond donors (Lipinski definition) is 2. The number of carbonyl (C=O) groups excluding carboxylic acids is 1. The normalized spacial score (nSPS) is 12.3.